The summed E-state index contributed by atoms with van der Waals surface area (Å²) in [7, 11) is 1.67. The smallest absolute Gasteiger partial charge is 0.154 e. The number of fused-ring (bicyclic) bond motifs is 1. The number of rotatable bonds is 5. The van der Waals surface area contributed by atoms with E-state index in [0.29, 0.717) is 17.9 Å². The van der Waals surface area contributed by atoms with Crippen LogP contribution < -0.4 is 15.8 Å². The Kier molecular flexibility index (Phi) is 11.0. The van der Waals surface area contributed by atoms with Gasteiger partial charge >= 0.3 is 0 Å². The molecule has 1 aliphatic carbocycles. The molecule has 3 aromatic rings. The minimum Gasteiger partial charge on any atom is -0.497 e. The molecule has 1 aromatic carbocycles. The molecule has 1 saturated carbocycles. The highest BCUT2D eigenvalue weighted by atomic mass is 35.5. The molecule has 0 spiro atoms. The lowest BCUT2D eigenvalue weighted by molar-refractivity contribution is 0.410. The molecule has 31 heavy (non-hydrogen) atoms. The maximum Gasteiger partial charge on any atom is 0.154 e. The third kappa shape index (κ3) is 6.94. The number of benzene rings is 1. The molecule has 0 saturated heterocycles. The molecule has 0 atom stereocenters. The number of ether oxygens (including phenoxy) is 1. The average Bonchev–Trinajstić information content (AvgIpc) is 2.74. The number of hydrogen-bond donors (Lipinski definition) is 2. The van der Waals surface area contributed by atoms with E-state index in [2.05, 4.69) is 10.3 Å². The van der Waals surface area contributed by atoms with Crippen LogP contribution in [-0.2, 0) is 0 Å². The molecule has 0 aliphatic heterocycles. The van der Waals surface area contributed by atoms with Gasteiger partial charge in [0, 0.05) is 29.9 Å². The van der Waals surface area contributed by atoms with E-state index in [1.165, 1.54) is 0 Å². The molecular weight excluding hydrogens is 457 g/mol. The number of anilines is 1. The van der Waals surface area contributed by atoms with Gasteiger partial charge in [-0.25, -0.2) is 9.97 Å². The van der Waals surface area contributed by atoms with Crippen molar-refractivity contribution < 1.29 is 4.74 Å². The van der Waals surface area contributed by atoms with Crippen LogP contribution >= 0.6 is 37.2 Å². The highest BCUT2D eigenvalue weighted by Gasteiger charge is 2.20. The predicted octanol–water partition coefficient (Wildman–Crippen LogP) is 5.15. The van der Waals surface area contributed by atoms with Crippen LogP contribution in [0.3, 0.4) is 0 Å². The SMILES string of the molecule is COc1ccc2nc(/C=C\c3cccnc3)nc(NC3CCC(N)CC3)c2c1.Cl.Cl.Cl. The summed E-state index contributed by atoms with van der Waals surface area (Å²) in [5.74, 6) is 2.30. The summed E-state index contributed by atoms with van der Waals surface area (Å²) in [6, 6.07) is 10.5. The number of halogens is 3. The van der Waals surface area contributed by atoms with E-state index in [4.69, 9.17) is 20.4 Å². The second kappa shape index (κ2) is 12.7. The average molecular weight is 485 g/mol. The van der Waals surface area contributed by atoms with Crippen LogP contribution in [0.15, 0.2) is 42.7 Å². The number of hydrogen-bond acceptors (Lipinski definition) is 6. The monoisotopic (exact) mass is 483 g/mol. The van der Waals surface area contributed by atoms with Crippen LogP contribution in [0.25, 0.3) is 23.1 Å². The van der Waals surface area contributed by atoms with Crippen molar-refractivity contribution in [3.05, 3.63) is 54.1 Å². The summed E-state index contributed by atoms with van der Waals surface area (Å²) in [5, 5.41) is 4.59. The zero-order valence-electron chi connectivity index (χ0n) is 17.2. The lowest BCUT2D eigenvalue weighted by Gasteiger charge is -2.27. The normalized spacial score (nSPS) is 17.9. The van der Waals surface area contributed by atoms with Crippen molar-refractivity contribution >= 4 is 66.1 Å². The van der Waals surface area contributed by atoms with E-state index in [0.717, 1.165) is 53.7 Å². The number of methoxy groups -OCH3 is 1. The molecule has 0 radical (unpaired) electrons. The summed E-state index contributed by atoms with van der Waals surface area (Å²) in [6.45, 7) is 0. The maximum atomic E-state index is 6.05. The third-order valence-corrected chi connectivity index (χ3v) is 5.14. The summed E-state index contributed by atoms with van der Waals surface area (Å²) in [5.41, 5.74) is 7.95. The number of nitrogens with one attached hydrogen (secondary N) is 1. The van der Waals surface area contributed by atoms with Crippen molar-refractivity contribution in [3.8, 4) is 5.75 Å². The summed E-state index contributed by atoms with van der Waals surface area (Å²) in [6.07, 6.45) is 11.6. The number of nitrogens with zero attached hydrogens (tertiary/aromatic N) is 3. The lowest BCUT2D eigenvalue weighted by Crippen LogP contribution is -2.33. The van der Waals surface area contributed by atoms with Gasteiger partial charge in [0.2, 0.25) is 0 Å². The molecule has 0 bridgehead atoms. The zero-order chi connectivity index (χ0) is 19.3. The predicted molar refractivity (Wildman–Crippen MR) is 135 cm³/mol. The van der Waals surface area contributed by atoms with Gasteiger partial charge in [0.1, 0.15) is 11.6 Å². The van der Waals surface area contributed by atoms with Crippen LogP contribution in [0.5, 0.6) is 5.75 Å². The number of pyridine rings is 1. The second-order valence-corrected chi connectivity index (χ2v) is 7.19. The minimum atomic E-state index is 0. The molecule has 4 rings (SSSR count). The molecule has 1 aliphatic rings. The van der Waals surface area contributed by atoms with Crippen molar-refractivity contribution in [2.24, 2.45) is 5.73 Å². The largest absolute Gasteiger partial charge is 0.497 e. The minimum absolute atomic E-state index is 0. The Balaban J connectivity index is 0.00000160. The third-order valence-electron chi connectivity index (χ3n) is 5.14. The van der Waals surface area contributed by atoms with Gasteiger partial charge in [-0.15, -0.1) is 37.2 Å². The fraction of sp³-hybridized carbons (Fsp3) is 0.318. The van der Waals surface area contributed by atoms with E-state index < -0.39 is 0 Å². The van der Waals surface area contributed by atoms with E-state index in [9.17, 15) is 0 Å². The number of aromatic nitrogens is 3. The summed E-state index contributed by atoms with van der Waals surface area (Å²) in [4.78, 5) is 13.6. The first kappa shape index (κ1) is 26.9. The van der Waals surface area contributed by atoms with Crippen molar-refractivity contribution in [2.45, 2.75) is 37.8 Å². The first-order valence-electron chi connectivity index (χ1n) is 9.67. The summed E-state index contributed by atoms with van der Waals surface area (Å²) >= 11 is 0. The quantitative estimate of drug-likeness (QED) is 0.521. The highest BCUT2D eigenvalue weighted by molar-refractivity contribution is 5.91. The molecule has 168 valence electrons. The Labute approximate surface area is 201 Å². The molecule has 2 heterocycles. The van der Waals surface area contributed by atoms with Crippen LogP contribution in [0, 0.1) is 0 Å². The van der Waals surface area contributed by atoms with Gasteiger partial charge in [0.25, 0.3) is 0 Å². The Morgan fingerprint density at radius 1 is 1.03 bits per heavy atom. The molecule has 2 aromatic heterocycles. The lowest BCUT2D eigenvalue weighted by atomic mass is 9.92. The van der Waals surface area contributed by atoms with Gasteiger partial charge < -0.3 is 15.8 Å². The van der Waals surface area contributed by atoms with Gasteiger partial charge in [-0.05, 0) is 67.7 Å². The van der Waals surface area contributed by atoms with Crippen LogP contribution in [0.1, 0.15) is 37.1 Å². The molecular formula is C22H28Cl3N5O. The Morgan fingerprint density at radius 2 is 1.81 bits per heavy atom. The topological polar surface area (TPSA) is 86.0 Å². The van der Waals surface area contributed by atoms with Crippen molar-refractivity contribution in [3.63, 3.8) is 0 Å². The van der Waals surface area contributed by atoms with Crippen molar-refractivity contribution in [1.29, 1.82) is 0 Å². The second-order valence-electron chi connectivity index (χ2n) is 7.19. The fourth-order valence-electron chi connectivity index (χ4n) is 3.54. The first-order valence-corrected chi connectivity index (χ1v) is 9.67. The molecule has 0 unspecified atom stereocenters. The van der Waals surface area contributed by atoms with Gasteiger partial charge in [-0.3, -0.25) is 4.98 Å². The van der Waals surface area contributed by atoms with Crippen molar-refractivity contribution in [1.82, 2.24) is 15.0 Å². The molecule has 3 N–H and O–H groups in total. The highest BCUT2D eigenvalue weighted by Crippen LogP contribution is 2.28. The standard InChI is InChI=1S/C22H25N5O.3ClH/c1-28-18-9-10-20-19(13-18)22(25-17-7-5-16(23)6-8-17)27-21(26-20)11-4-15-3-2-12-24-14-15;;;/h2-4,9-14,16-17H,5-8,23H2,1H3,(H,25,26,27);3*1H/b11-4-;;;. The molecule has 9 heteroatoms. The van der Waals surface area contributed by atoms with Gasteiger partial charge in [0.15, 0.2) is 5.82 Å². The van der Waals surface area contributed by atoms with E-state index in [1.54, 1.807) is 13.3 Å². The molecule has 0 amide bonds. The Hall–Kier alpha value is -2.12. The zero-order valence-corrected chi connectivity index (χ0v) is 19.7. The summed E-state index contributed by atoms with van der Waals surface area (Å²) < 4.78 is 5.40. The van der Waals surface area contributed by atoms with E-state index >= 15 is 0 Å². The Bertz CT molecular complexity index is 980. The van der Waals surface area contributed by atoms with Crippen LogP contribution in [-0.4, -0.2) is 34.1 Å². The van der Waals surface area contributed by atoms with Crippen LogP contribution in [0.4, 0.5) is 5.82 Å². The maximum absolute atomic E-state index is 6.05. The van der Waals surface area contributed by atoms with Gasteiger partial charge in [0.05, 0.1) is 12.6 Å². The fourth-order valence-corrected chi connectivity index (χ4v) is 3.54. The first-order chi connectivity index (χ1) is 13.7. The van der Waals surface area contributed by atoms with E-state index in [1.807, 2.05) is 48.7 Å². The van der Waals surface area contributed by atoms with Gasteiger partial charge in [-0.1, -0.05) is 6.07 Å². The number of nitrogens with two attached hydrogens (primary N) is 1. The Morgan fingerprint density at radius 3 is 2.48 bits per heavy atom. The molecule has 1 fully saturated rings. The van der Waals surface area contributed by atoms with Crippen LogP contribution in [0.2, 0.25) is 0 Å². The molecule has 6 nitrogen and oxygen atoms in total. The van der Waals surface area contributed by atoms with Crippen molar-refractivity contribution in [2.75, 3.05) is 12.4 Å². The van der Waals surface area contributed by atoms with E-state index in [-0.39, 0.29) is 37.2 Å². The van der Waals surface area contributed by atoms with Gasteiger partial charge in [-0.2, -0.15) is 0 Å².